The number of carboxylic acid groups (broad SMARTS) is 1. The number of carboxylic acids is 1. The number of hydrogen-bond donors (Lipinski definition) is 3. The highest BCUT2D eigenvalue weighted by atomic mass is 32.2. The molecule has 15 heteroatoms. The number of carbonyl (C=O) groups is 3. The van der Waals surface area contributed by atoms with Crippen molar-refractivity contribution in [3.05, 3.63) is 171 Å². The monoisotopic (exact) mass is 831 g/mol. The SMILES string of the molecule is CON=C(C(=O)NC1C(=O)N2C(C(=O)O)=C(CSc3cc(=O)c4ccccc4s3)CS[C@@H]12)c1csc(NC(c2ccccc2)(c2ccccc2)c2ccccc2)n1. The Bertz CT molecular complexity index is 2500. The molecule has 57 heavy (non-hydrogen) atoms. The second-order valence-corrected chi connectivity index (χ2v) is 17.3. The first kappa shape index (κ1) is 38.1. The maximum absolute atomic E-state index is 13.9. The van der Waals surface area contributed by atoms with E-state index in [-0.39, 0.29) is 28.3 Å². The van der Waals surface area contributed by atoms with E-state index in [1.165, 1.54) is 58.2 Å². The molecule has 2 aliphatic rings. The fourth-order valence-electron chi connectivity index (χ4n) is 6.99. The topological polar surface area (TPSA) is 150 Å². The van der Waals surface area contributed by atoms with Crippen LogP contribution in [-0.4, -0.2) is 68.5 Å². The van der Waals surface area contributed by atoms with Gasteiger partial charge in [-0.25, -0.2) is 9.78 Å². The van der Waals surface area contributed by atoms with E-state index in [1.807, 2.05) is 72.8 Å². The lowest BCUT2D eigenvalue weighted by molar-refractivity contribution is -0.150. The summed E-state index contributed by atoms with van der Waals surface area (Å²) in [4.78, 5) is 63.8. The molecule has 2 atom stereocenters. The first-order chi connectivity index (χ1) is 27.8. The molecule has 3 N–H and O–H groups in total. The van der Waals surface area contributed by atoms with Gasteiger partial charge in [-0.1, -0.05) is 108 Å². The minimum atomic E-state index is -1.23. The second-order valence-electron chi connectivity index (χ2n) is 13.0. The van der Waals surface area contributed by atoms with Crippen molar-refractivity contribution in [2.75, 3.05) is 23.9 Å². The number of nitrogens with one attached hydrogen (secondary N) is 2. The van der Waals surface area contributed by atoms with Crippen molar-refractivity contribution in [2.45, 2.75) is 21.2 Å². The van der Waals surface area contributed by atoms with E-state index in [2.05, 4.69) is 52.2 Å². The van der Waals surface area contributed by atoms with Crippen LogP contribution < -0.4 is 16.1 Å². The average Bonchev–Trinajstić information content (AvgIpc) is 3.71. The van der Waals surface area contributed by atoms with Gasteiger partial charge in [0.25, 0.3) is 11.8 Å². The third-order valence-corrected chi connectivity index (χ3v) is 14.1. The lowest BCUT2D eigenvalue weighted by Gasteiger charge is -2.49. The summed E-state index contributed by atoms with van der Waals surface area (Å²) in [5.74, 6) is -1.87. The van der Waals surface area contributed by atoms with Crippen molar-refractivity contribution >= 4 is 84.9 Å². The predicted octanol–water partition coefficient (Wildman–Crippen LogP) is 7.00. The summed E-state index contributed by atoms with van der Waals surface area (Å²) >= 11 is 5.47. The minimum absolute atomic E-state index is 0.102. The number of thioether (sulfide) groups is 2. The zero-order valence-electron chi connectivity index (χ0n) is 30.2. The van der Waals surface area contributed by atoms with Gasteiger partial charge in [0.1, 0.15) is 35.5 Å². The second kappa shape index (κ2) is 16.4. The number of fused-ring (bicyclic) bond motifs is 2. The zero-order chi connectivity index (χ0) is 39.5. The van der Waals surface area contributed by atoms with Gasteiger partial charge in [0.15, 0.2) is 16.3 Å². The van der Waals surface area contributed by atoms with Crippen molar-refractivity contribution in [1.29, 1.82) is 0 Å². The van der Waals surface area contributed by atoms with E-state index >= 15 is 0 Å². The highest BCUT2D eigenvalue weighted by molar-refractivity contribution is 8.02. The van der Waals surface area contributed by atoms with Crippen LogP contribution in [-0.2, 0) is 24.8 Å². The number of nitrogens with zero attached hydrogens (tertiary/aromatic N) is 3. The number of aromatic nitrogens is 1. The molecule has 0 saturated carbocycles. The van der Waals surface area contributed by atoms with E-state index in [4.69, 9.17) is 9.82 Å². The molecular formula is C42H33N5O6S4. The van der Waals surface area contributed by atoms with E-state index in [0.717, 1.165) is 25.6 Å². The van der Waals surface area contributed by atoms with Crippen LogP contribution in [0, 0.1) is 0 Å². The van der Waals surface area contributed by atoms with Crippen molar-refractivity contribution in [3.63, 3.8) is 0 Å². The third kappa shape index (κ3) is 7.34. The molecule has 2 aliphatic heterocycles. The molecular weight excluding hydrogens is 799 g/mol. The summed E-state index contributed by atoms with van der Waals surface area (Å²) in [6.45, 7) is 0. The van der Waals surface area contributed by atoms with Crippen LogP contribution in [0.5, 0.6) is 0 Å². The van der Waals surface area contributed by atoms with Crippen LogP contribution in [0.2, 0.25) is 0 Å². The third-order valence-electron chi connectivity index (χ3n) is 9.60. The molecule has 2 amide bonds. The van der Waals surface area contributed by atoms with Crippen LogP contribution in [0.25, 0.3) is 10.1 Å². The fraction of sp³-hybridized carbons (Fsp3) is 0.143. The van der Waals surface area contributed by atoms with E-state index in [1.54, 1.807) is 17.5 Å². The molecule has 1 fully saturated rings. The number of benzene rings is 4. The Morgan fingerprint density at radius 1 is 0.930 bits per heavy atom. The molecule has 286 valence electrons. The quantitative estimate of drug-likeness (QED) is 0.0365. The summed E-state index contributed by atoms with van der Waals surface area (Å²) in [7, 11) is 1.32. The van der Waals surface area contributed by atoms with Crippen LogP contribution in [0.4, 0.5) is 5.13 Å². The summed E-state index contributed by atoms with van der Waals surface area (Å²) in [6.07, 6.45) is 0. The fourth-order valence-corrected chi connectivity index (χ4v) is 11.5. The van der Waals surface area contributed by atoms with Crippen molar-refractivity contribution in [3.8, 4) is 0 Å². The molecule has 1 unspecified atom stereocenters. The lowest BCUT2D eigenvalue weighted by Crippen LogP contribution is -2.71. The number of aliphatic carboxylic acids is 1. The molecule has 1 saturated heterocycles. The normalized spacial score (nSPS) is 16.8. The Labute approximate surface area is 343 Å². The van der Waals surface area contributed by atoms with Gasteiger partial charge in [0, 0.05) is 33.0 Å². The molecule has 0 bridgehead atoms. The number of anilines is 1. The Kier molecular flexibility index (Phi) is 11.0. The summed E-state index contributed by atoms with van der Waals surface area (Å²) in [6, 6.07) is 38.0. The molecule has 8 rings (SSSR count). The first-order valence-corrected chi connectivity index (χ1v) is 21.4. The van der Waals surface area contributed by atoms with Gasteiger partial charge in [0.05, 0.1) is 4.21 Å². The Morgan fingerprint density at radius 2 is 1.54 bits per heavy atom. The minimum Gasteiger partial charge on any atom is -0.477 e. The Balaban J connectivity index is 1.02. The zero-order valence-corrected chi connectivity index (χ0v) is 33.4. The van der Waals surface area contributed by atoms with E-state index < -0.39 is 34.7 Å². The molecule has 4 heterocycles. The van der Waals surface area contributed by atoms with E-state index in [9.17, 15) is 24.3 Å². The Morgan fingerprint density at radius 3 is 2.16 bits per heavy atom. The maximum Gasteiger partial charge on any atom is 0.352 e. The van der Waals surface area contributed by atoms with Gasteiger partial charge < -0.3 is 20.6 Å². The number of carbonyl (C=O) groups excluding carboxylic acids is 2. The molecule has 4 aromatic carbocycles. The van der Waals surface area contributed by atoms with Crippen LogP contribution in [0.15, 0.2) is 152 Å². The summed E-state index contributed by atoms with van der Waals surface area (Å²) in [5, 5.41) is 22.9. The van der Waals surface area contributed by atoms with Crippen LogP contribution in [0.3, 0.4) is 0 Å². The predicted molar refractivity (Wildman–Crippen MR) is 227 cm³/mol. The molecule has 11 nitrogen and oxygen atoms in total. The maximum atomic E-state index is 13.9. The van der Waals surface area contributed by atoms with Crippen LogP contribution >= 0.6 is 46.2 Å². The molecule has 0 radical (unpaired) electrons. The summed E-state index contributed by atoms with van der Waals surface area (Å²) in [5.41, 5.74) is 2.51. The highest BCUT2D eigenvalue weighted by Crippen LogP contribution is 2.43. The molecule has 6 aromatic rings. The number of oxime groups is 1. The van der Waals surface area contributed by atoms with Gasteiger partial charge in [-0.15, -0.1) is 46.2 Å². The van der Waals surface area contributed by atoms with Gasteiger partial charge >= 0.3 is 5.97 Å². The Hall–Kier alpha value is -5.74. The highest BCUT2D eigenvalue weighted by Gasteiger charge is 2.54. The van der Waals surface area contributed by atoms with Crippen molar-refractivity contribution in [1.82, 2.24) is 15.2 Å². The van der Waals surface area contributed by atoms with Crippen molar-refractivity contribution < 1.29 is 24.3 Å². The number of hydrogen-bond acceptors (Lipinski definition) is 12. The lowest BCUT2D eigenvalue weighted by atomic mass is 9.77. The number of amides is 2. The number of rotatable bonds is 13. The summed E-state index contributed by atoms with van der Waals surface area (Å²) < 4.78 is 1.59. The number of thiazole rings is 1. The van der Waals surface area contributed by atoms with Crippen LogP contribution in [0.1, 0.15) is 22.4 Å². The van der Waals surface area contributed by atoms with Gasteiger partial charge in [-0.3, -0.25) is 19.3 Å². The van der Waals surface area contributed by atoms with Gasteiger partial charge in [-0.05, 0) is 34.4 Å². The van der Waals surface area contributed by atoms with Gasteiger partial charge in [0.2, 0.25) is 0 Å². The largest absolute Gasteiger partial charge is 0.477 e. The van der Waals surface area contributed by atoms with Crippen molar-refractivity contribution in [2.24, 2.45) is 5.16 Å². The standard InChI is InChI=1S/C42H33N5O6S4/c1-53-46-34(30-24-56-41(43-30)45-42(26-13-5-2-6-14-26,27-15-7-3-8-16-27)28-17-9-4-10-18-28)37(49)44-35-38(50)47-36(40(51)52)25(23-55-39(35)47)22-54-33-21-31(48)29-19-11-12-20-32(29)57-33/h2-21,24,35,39H,22-23H2,1H3,(H,43,45)(H,44,49)(H,51,52)/t35?,39-/m0/s1. The molecule has 2 aromatic heterocycles. The first-order valence-electron chi connectivity index (χ1n) is 17.7. The van der Waals surface area contributed by atoms with E-state index in [0.29, 0.717) is 21.8 Å². The average molecular weight is 832 g/mol. The van der Waals surface area contributed by atoms with Gasteiger partial charge in [-0.2, -0.15) is 0 Å². The molecule has 0 spiro atoms. The smallest absolute Gasteiger partial charge is 0.352 e. The molecule has 0 aliphatic carbocycles. The number of β-lactam (4-membered cyclic amide) rings is 1.